The van der Waals surface area contributed by atoms with Crippen molar-refractivity contribution in [1.29, 1.82) is 0 Å². The van der Waals surface area contributed by atoms with Gasteiger partial charge in [0.25, 0.3) is 0 Å². The third-order valence-corrected chi connectivity index (χ3v) is 2.01. The Morgan fingerprint density at radius 1 is 1.25 bits per heavy atom. The highest BCUT2D eigenvalue weighted by atomic mass is 16.4. The summed E-state index contributed by atoms with van der Waals surface area (Å²) in [6.45, 7) is 1.36. The molecule has 1 rings (SSSR count). The lowest BCUT2D eigenvalue weighted by molar-refractivity contribution is -0.132. The molecule has 0 aliphatic heterocycles. The first-order valence-corrected chi connectivity index (χ1v) is 4.40. The Hall–Kier alpha value is -2.30. The molecule has 5 heteroatoms. The van der Waals surface area contributed by atoms with Crippen molar-refractivity contribution in [2.24, 2.45) is 0 Å². The van der Waals surface area contributed by atoms with Crippen LogP contribution < -0.4 is 0 Å². The van der Waals surface area contributed by atoms with Gasteiger partial charge in [0.2, 0.25) is 0 Å². The zero-order chi connectivity index (χ0) is 12.3. The number of hydrogen-bond donors (Lipinski definition) is 3. The second-order valence-electron chi connectivity index (χ2n) is 3.18. The normalized spacial score (nSPS) is 11.2. The van der Waals surface area contributed by atoms with E-state index in [2.05, 4.69) is 0 Å². The van der Waals surface area contributed by atoms with E-state index in [1.165, 1.54) is 31.2 Å². The molecule has 1 aromatic rings. The number of aromatic carboxylic acids is 1. The third kappa shape index (κ3) is 2.38. The molecule has 0 radical (unpaired) electrons. The van der Waals surface area contributed by atoms with Crippen LogP contribution in [0.2, 0.25) is 0 Å². The number of carboxylic acid groups (broad SMARTS) is 2. The summed E-state index contributed by atoms with van der Waals surface area (Å²) < 4.78 is 0. The molecule has 16 heavy (non-hydrogen) atoms. The number of carboxylic acids is 2. The molecule has 84 valence electrons. The van der Waals surface area contributed by atoms with E-state index in [-0.39, 0.29) is 16.7 Å². The highest BCUT2D eigenvalue weighted by Crippen LogP contribution is 2.24. The van der Waals surface area contributed by atoms with Gasteiger partial charge in [0.1, 0.15) is 11.3 Å². The van der Waals surface area contributed by atoms with Gasteiger partial charge in [-0.3, -0.25) is 0 Å². The van der Waals surface area contributed by atoms with Crippen molar-refractivity contribution in [2.75, 3.05) is 0 Å². The lowest BCUT2D eigenvalue weighted by Crippen LogP contribution is -1.99. The minimum absolute atomic E-state index is 0.0119. The van der Waals surface area contributed by atoms with Gasteiger partial charge in [-0.15, -0.1) is 0 Å². The maximum atomic E-state index is 10.7. The van der Waals surface area contributed by atoms with Gasteiger partial charge in [0.15, 0.2) is 0 Å². The zero-order valence-corrected chi connectivity index (χ0v) is 8.47. The summed E-state index contributed by atoms with van der Waals surface area (Å²) in [5.74, 6) is -2.82. The van der Waals surface area contributed by atoms with Crippen LogP contribution >= 0.6 is 0 Å². The summed E-state index contributed by atoms with van der Waals surface area (Å²) in [4.78, 5) is 21.3. The molecular formula is C11H10O5. The van der Waals surface area contributed by atoms with E-state index >= 15 is 0 Å². The largest absolute Gasteiger partial charge is 0.506 e. The molecule has 0 bridgehead atoms. The fraction of sp³-hybridized carbons (Fsp3) is 0.0909. The number of rotatable bonds is 3. The molecular weight excluding hydrogens is 212 g/mol. The number of carbonyl (C=O) groups is 2. The Morgan fingerprint density at radius 2 is 1.88 bits per heavy atom. The fourth-order valence-corrected chi connectivity index (χ4v) is 1.15. The van der Waals surface area contributed by atoms with Crippen molar-refractivity contribution in [3.8, 4) is 5.75 Å². The SMILES string of the molecule is C/C(=C\c1cccc(C(=O)O)c1O)C(=O)O. The van der Waals surface area contributed by atoms with E-state index in [0.717, 1.165) is 0 Å². The number of para-hydroxylation sites is 1. The maximum absolute atomic E-state index is 10.7. The van der Waals surface area contributed by atoms with Crippen LogP contribution in [0.1, 0.15) is 22.8 Å². The number of benzene rings is 1. The van der Waals surface area contributed by atoms with E-state index in [4.69, 9.17) is 10.2 Å². The summed E-state index contributed by atoms with van der Waals surface area (Å²) in [5, 5.41) is 27.0. The molecule has 0 aliphatic carbocycles. The van der Waals surface area contributed by atoms with Crippen molar-refractivity contribution in [2.45, 2.75) is 6.92 Å². The second-order valence-corrected chi connectivity index (χ2v) is 3.18. The van der Waals surface area contributed by atoms with Gasteiger partial charge in [0, 0.05) is 11.1 Å². The number of aliphatic carboxylic acids is 1. The highest BCUT2D eigenvalue weighted by molar-refractivity contribution is 5.95. The van der Waals surface area contributed by atoms with Crippen molar-refractivity contribution in [3.63, 3.8) is 0 Å². The molecule has 0 amide bonds. The molecule has 0 heterocycles. The predicted molar refractivity (Wildman–Crippen MR) is 56.4 cm³/mol. The highest BCUT2D eigenvalue weighted by Gasteiger charge is 2.12. The van der Waals surface area contributed by atoms with E-state index in [9.17, 15) is 14.7 Å². The van der Waals surface area contributed by atoms with Crippen LogP contribution in [0.3, 0.4) is 0 Å². The third-order valence-electron chi connectivity index (χ3n) is 2.01. The predicted octanol–water partition coefficient (Wildman–Crippen LogP) is 1.58. The Kier molecular flexibility index (Phi) is 3.30. The molecule has 0 aliphatic rings. The van der Waals surface area contributed by atoms with Crippen molar-refractivity contribution in [1.82, 2.24) is 0 Å². The van der Waals surface area contributed by atoms with Crippen molar-refractivity contribution < 1.29 is 24.9 Å². The summed E-state index contributed by atoms with van der Waals surface area (Å²) in [6, 6.07) is 4.11. The Labute approximate surface area is 91.3 Å². The second kappa shape index (κ2) is 4.48. The minimum Gasteiger partial charge on any atom is -0.506 e. The number of phenols is 1. The van der Waals surface area contributed by atoms with Gasteiger partial charge in [-0.2, -0.15) is 0 Å². The van der Waals surface area contributed by atoms with Gasteiger partial charge < -0.3 is 15.3 Å². The standard InChI is InChI=1S/C11H10O5/c1-6(10(13)14)5-7-3-2-4-8(9(7)12)11(15)16/h2-5,12H,1H3,(H,13,14)(H,15,16)/b6-5+. The summed E-state index contributed by atoms with van der Waals surface area (Å²) in [7, 11) is 0. The molecule has 0 saturated heterocycles. The van der Waals surface area contributed by atoms with E-state index in [1.54, 1.807) is 0 Å². The van der Waals surface area contributed by atoms with E-state index in [1.807, 2.05) is 0 Å². The lowest BCUT2D eigenvalue weighted by Gasteiger charge is -2.03. The van der Waals surface area contributed by atoms with Crippen LogP contribution in [0.4, 0.5) is 0 Å². The number of hydrogen-bond acceptors (Lipinski definition) is 3. The van der Waals surface area contributed by atoms with E-state index in [0.29, 0.717) is 0 Å². The average Bonchev–Trinajstić information content (AvgIpc) is 2.20. The average molecular weight is 222 g/mol. The lowest BCUT2D eigenvalue weighted by atomic mass is 10.1. The molecule has 0 fully saturated rings. The Bertz CT molecular complexity index is 473. The molecule has 0 aromatic heterocycles. The molecule has 0 spiro atoms. The van der Waals surface area contributed by atoms with Crippen LogP contribution in [0, 0.1) is 0 Å². The van der Waals surface area contributed by atoms with Crippen LogP contribution in [-0.4, -0.2) is 27.3 Å². The minimum atomic E-state index is -1.26. The van der Waals surface area contributed by atoms with Crippen LogP contribution in [0.5, 0.6) is 5.75 Å². The topological polar surface area (TPSA) is 94.8 Å². The Morgan fingerprint density at radius 3 is 2.38 bits per heavy atom. The maximum Gasteiger partial charge on any atom is 0.339 e. The van der Waals surface area contributed by atoms with Crippen molar-refractivity contribution >= 4 is 18.0 Å². The van der Waals surface area contributed by atoms with Gasteiger partial charge >= 0.3 is 11.9 Å². The molecule has 1 aromatic carbocycles. The smallest absolute Gasteiger partial charge is 0.339 e. The van der Waals surface area contributed by atoms with Crippen molar-refractivity contribution in [3.05, 3.63) is 34.9 Å². The number of aromatic hydroxyl groups is 1. The molecule has 5 nitrogen and oxygen atoms in total. The van der Waals surface area contributed by atoms with E-state index < -0.39 is 17.7 Å². The molecule has 0 unspecified atom stereocenters. The Balaban J connectivity index is 3.27. The quantitative estimate of drug-likeness (QED) is 0.675. The first-order chi connectivity index (χ1) is 7.43. The van der Waals surface area contributed by atoms with Crippen LogP contribution in [0.15, 0.2) is 23.8 Å². The fourth-order valence-electron chi connectivity index (χ4n) is 1.15. The zero-order valence-electron chi connectivity index (χ0n) is 8.47. The van der Waals surface area contributed by atoms with Gasteiger partial charge in [-0.1, -0.05) is 12.1 Å². The first-order valence-electron chi connectivity index (χ1n) is 4.40. The van der Waals surface area contributed by atoms with Crippen LogP contribution in [-0.2, 0) is 4.79 Å². The monoisotopic (exact) mass is 222 g/mol. The molecule has 3 N–H and O–H groups in total. The van der Waals surface area contributed by atoms with Crippen LogP contribution in [0.25, 0.3) is 6.08 Å². The van der Waals surface area contributed by atoms with Gasteiger partial charge in [-0.05, 0) is 19.1 Å². The summed E-state index contributed by atoms with van der Waals surface area (Å²) in [5.41, 5.74) is -0.0791. The molecule has 0 atom stereocenters. The summed E-state index contributed by atoms with van der Waals surface area (Å²) >= 11 is 0. The first kappa shape index (κ1) is 11.8. The van der Waals surface area contributed by atoms with Gasteiger partial charge in [-0.25, -0.2) is 9.59 Å². The molecule has 0 saturated carbocycles. The summed E-state index contributed by atoms with van der Waals surface area (Å²) in [6.07, 6.45) is 1.21. The van der Waals surface area contributed by atoms with Gasteiger partial charge in [0.05, 0.1) is 0 Å².